The van der Waals surface area contributed by atoms with Crippen molar-refractivity contribution in [3.8, 4) is 34.1 Å². The largest absolute Gasteiger partial charge is 0.505 e. The third-order valence-corrected chi connectivity index (χ3v) is 6.78. The summed E-state index contributed by atoms with van der Waals surface area (Å²) in [5.41, 5.74) is 16.8. The maximum absolute atomic E-state index is 14.7. The third-order valence-electron chi connectivity index (χ3n) is 6.78. The van der Waals surface area contributed by atoms with Crippen LogP contribution < -0.4 is 11.5 Å². The first-order valence-corrected chi connectivity index (χ1v) is 11.4. The first-order chi connectivity index (χ1) is 16.9. The summed E-state index contributed by atoms with van der Waals surface area (Å²) in [7, 11) is 0. The first-order valence-electron chi connectivity index (χ1n) is 11.4. The number of hydrogen-bond donors (Lipinski definition) is 3. The average Bonchev–Trinajstić information content (AvgIpc) is 3.23. The fourth-order valence-electron chi connectivity index (χ4n) is 4.65. The number of pyridine rings is 2. The molecule has 3 heterocycles. The van der Waals surface area contributed by atoms with Crippen molar-refractivity contribution in [3.63, 3.8) is 0 Å². The summed E-state index contributed by atoms with van der Waals surface area (Å²) < 4.78 is 16.6. The standard InChI is InChI=1S/C27H23FN6O/c28-23-18(4-1-6-22(23)35)20-11-12-21-26(32-20)34(25(33-21)19-5-2-15-31-24(19)29)17-9-7-16(8-10-17)27(30)13-3-14-27/h1-2,4-12,15,35H,3,13-14,30H2,(H2,29,31). The second kappa shape index (κ2) is 7.89. The van der Waals surface area contributed by atoms with Crippen LogP contribution in [0.25, 0.3) is 39.5 Å². The average molecular weight is 467 g/mol. The van der Waals surface area contributed by atoms with Crippen LogP contribution in [0.5, 0.6) is 5.75 Å². The Morgan fingerprint density at radius 3 is 2.40 bits per heavy atom. The number of benzene rings is 2. The molecule has 5 aromatic rings. The fraction of sp³-hybridized carbons (Fsp3) is 0.148. The van der Waals surface area contributed by atoms with Crippen LogP contribution in [0.1, 0.15) is 24.8 Å². The molecule has 8 heteroatoms. The zero-order chi connectivity index (χ0) is 24.2. The lowest BCUT2D eigenvalue weighted by Gasteiger charge is -2.38. The second-order valence-corrected chi connectivity index (χ2v) is 8.94. The van der Waals surface area contributed by atoms with Crippen molar-refractivity contribution >= 4 is 17.0 Å². The summed E-state index contributed by atoms with van der Waals surface area (Å²) in [6, 6.07) is 19.6. The van der Waals surface area contributed by atoms with Crippen molar-refractivity contribution in [1.82, 2.24) is 19.5 Å². The topological polar surface area (TPSA) is 116 Å². The number of phenolic OH excluding ortho intramolecular Hbond substituents is 1. The van der Waals surface area contributed by atoms with Crippen LogP contribution in [0, 0.1) is 5.82 Å². The highest BCUT2D eigenvalue weighted by Crippen LogP contribution is 2.39. The van der Waals surface area contributed by atoms with E-state index in [4.69, 9.17) is 21.4 Å². The van der Waals surface area contributed by atoms with Crippen LogP contribution in [-0.4, -0.2) is 24.6 Å². The lowest BCUT2D eigenvalue weighted by atomic mass is 9.73. The molecule has 35 heavy (non-hydrogen) atoms. The Hall–Kier alpha value is -4.30. The van der Waals surface area contributed by atoms with Gasteiger partial charge in [0.05, 0.1) is 11.3 Å². The number of halogens is 1. The van der Waals surface area contributed by atoms with Gasteiger partial charge in [0.25, 0.3) is 0 Å². The Kier molecular flexibility index (Phi) is 4.79. The van der Waals surface area contributed by atoms with Gasteiger partial charge in [-0.1, -0.05) is 18.2 Å². The number of aromatic hydroxyl groups is 1. The van der Waals surface area contributed by atoms with Gasteiger partial charge in [0.1, 0.15) is 11.3 Å². The molecule has 0 unspecified atom stereocenters. The number of nitrogens with zero attached hydrogens (tertiary/aromatic N) is 4. The van der Waals surface area contributed by atoms with E-state index in [0.717, 1.165) is 30.5 Å². The van der Waals surface area contributed by atoms with Crippen molar-refractivity contribution in [3.05, 3.63) is 84.3 Å². The number of nitrogens with two attached hydrogens (primary N) is 2. The van der Waals surface area contributed by atoms with Gasteiger partial charge in [-0.25, -0.2) is 19.3 Å². The highest BCUT2D eigenvalue weighted by molar-refractivity contribution is 5.84. The molecule has 0 amide bonds. The molecular formula is C27H23FN6O. The van der Waals surface area contributed by atoms with Crippen molar-refractivity contribution in [2.45, 2.75) is 24.8 Å². The molecule has 0 spiro atoms. The number of aromatic nitrogens is 4. The normalized spacial score (nSPS) is 14.7. The minimum absolute atomic E-state index is 0.201. The van der Waals surface area contributed by atoms with E-state index in [1.807, 2.05) is 34.9 Å². The summed E-state index contributed by atoms with van der Waals surface area (Å²) >= 11 is 0. The first kappa shape index (κ1) is 21.2. The van der Waals surface area contributed by atoms with Crippen LogP contribution in [0.4, 0.5) is 10.2 Å². The molecule has 5 N–H and O–H groups in total. The fourth-order valence-corrected chi connectivity index (χ4v) is 4.65. The van der Waals surface area contributed by atoms with Gasteiger partial charge in [0.2, 0.25) is 0 Å². The molecule has 0 radical (unpaired) electrons. The number of phenols is 1. The molecule has 1 aliphatic rings. The van der Waals surface area contributed by atoms with Crippen molar-refractivity contribution in [2.75, 3.05) is 5.73 Å². The van der Waals surface area contributed by atoms with E-state index in [0.29, 0.717) is 34.1 Å². The second-order valence-electron chi connectivity index (χ2n) is 8.94. The van der Waals surface area contributed by atoms with E-state index in [-0.39, 0.29) is 11.1 Å². The van der Waals surface area contributed by atoms with Crippen molar-refractivity contribution < 1.29 is 9.50 Å². The summed E-state index contributed by atoms with van der Waals surface area (Å²) in [6.07, 6.45) is 4.70. The van der Waals surface area contributed by atoms with Crippen LogP contribution >= 0.6 is 0 Å². The van der Waals surface area contributed by atoms with E-state index in [9.17, 15) is 9.50 Å². The van der Waals surface area contributed by atoms with E-state index in [2.05, 4.69) is 4.98 Å². The quantitative estimate of drug-likeness (QED) is 0.346. The monoisotopic (exact) mass is 466 g/mol. The van der Waals surface area contributed by atoms with E-state index in [1.54, 1.807) is 36.5 Å². The number of fused-ring (bicyclic) bond motifs is 1. The molecule has 2 aromatic carbocycles. The predicted octanol–water partition coefficient (Wildman–Crippen LogP) is 4.91. The summed E-state index contributed by atoms with van der Waals surface area (Å²) in [6.45, 7) is 0. The molecule has 0 atom stereocenters. The van der Waals surface area contributed by atoms with Gasteiger partial charge < -0.3 is 16.6 Å². The van der Waals surface area contributed by atoms with Crippen LogP contribution in [0.2, 0.25) is 0 Å². The zero-order valence-electron chi connectivity index (χ0n) is 18.8. The molecule has 1 saturated carbocycles. The van der Waals surface area contributed by atoms with Crippen molar-refractivity contribution in [1.29, 1.82) is 0 Å². The van der Waals surface area contributed by atoms with Gasteiger partial charge in [0, 0.05) is 23.0 Å². The third kappa shape index (κ3) is 3.41. The molecule has 0 bridgehead atoms. The Morgan fingerprint density at radius 2 is 1.69 bits per heavy atom. The highest BCUT2D eigenvalue weighted by atomic mass is 19.1. The molecule has 1 aliphatic carbocycles. The van der Waals surface area contributed by atoms with Crippen LogP contribution in [-0.2, 0) is 5.54 Å². The number of hydrogen-bond acceptors (Lipinski definition) is 6. The predicted molar refractivity (Wildman–Crippen MR) is 133 cm³/mol. The Bertz CT molecular complexity index is 1570. The minimum Gasteiger partial charge on any atom is -0.505 e. The SMILES string of the molecule is Nc1ncccc1-c1nc2ccc(-c3cccc(O)c3F)nc2n1-c1ccc(C2(N)CCC2)cc1. The lowest BCUT2D eigenvalue weighted by Crippen LogP contribution is -2.43. The van der Waals surface area contributed by atoms with Crippen LogP contribution in [0.15, 0.2) is 72.9 Å². The molecular weight excluding hydrogens is 443 g/mol. The summed E-state index contributed by atoms with van der Waals surface area (Å²) in [5.74, 6) is -0.231. The van der Waals surface area contributed by atoms with Gasteiger partial charge in [-0.3, -0.25) is 4.57 Å². The Balaban J connectivity index is 1.58. The van der Waals surface area contributed by atoms with Crippen LogP contribution in [0.3, 0.4) is 0 Å². The molecule has 0 aliphatic heterocycles. The zero-order valence-corrected chi connectivity index (χ0v) is 18.8. The van der Waals surface area contributed by atoms with E-state index >= 15 is 0 Å². The molecule has 1 fully saturated rings. The Labute approximate surface area is 200 Å². The molecule has 3 aromatic heterocycles. The van der Waals surface area contributed by atoms with E-state index in [1.165, 1.54) is 6.07 Å². The van der Waals surface area contributed by atoms with E-state index < -0.39 is 11.6 Å². The number of nitrogen functional groups attached to an aromatic ring is 1. The van der Waals surface area contributed by atoms with Crippen molar-refractivity contribution in [2.24, 2.45) is 5.73 Å². The van der Waals surface area contributed by atoms with Gasteiger partial charge in [-0.15, -0.1) is 0 Å². The maximum atomic E-state index is 14.7. The van der Waals surface area contributed by atoms with Gasteiger partial charge in [-0.2, -0.15) is 0 Å². The molecule has 0 saturated heterocycles. The molecule has 7 nitrogen and oxygen atoms in total. The lowest BCUT2D eigenvalue weighted by molar-refractivity contribution is 0.253. The van der Waals surface area contributed by atoms with Gasteiger partial charge >= 0.3 is 0 Å². The summed E-state index contributed by atoms with van der Waals surface area (Å²) in [4.78, 5) is 13.8. The Morgan fingerprint density at radius 1 is 0.914 bits per heavy atom. The van der Waals surface area contributed by atoms with Gasteiger partial charge in [-0.05, 0) is 73.4 Å². The maximum Gasteiger partial charge on any atom is 0.174 e. The number of rotatable bonds is 4. The number of anilines is 1. The van der Waals surface area contributed by atoms with Gasteiger partial charge in [0.15, 0.2) is 23.0 Å². The minimum atomic E-state index is -0.722. The molecule has 174 valence electrons. The highest BCUT2D eigenvalue weighted by Gasteiger charge is 2.34. The summed E-state index contributed by atoms with van der Waals surface area (Å²) in [5, 5.41) is 9.86. The number of imidazole rings is 1. The molecule has 6 rings (SSSR count). The smallest absolute Gasteiger partial charge is 0.174 e.